The van der Waals surface area contributed by atoms with E-state index in [1.807, 2.05) is 12.1 Å². The van der Waals surface area contributed by atoms with Crippen LogP contribution in [-0.4, -0.2) is 18.4 Å². The van der Waals surface area contributed by atoms with Crippen LogP contribution in [0.3, 0.4) is 0 Å². The number of rotatable bonds is 4. The number of nitrogens with two attached hydrogens (primary N) is 1. The van der Waals surface area contributed by atoms with Crippen molar-refractivity contribution in [1.29, 1.82) is 0 Å². The Kier molecular flexibility index (Phi) is 2.91. The summed E-state index contributed by atoms with van der Waals surface area (Å²) in [6.45, 7) is 0.751. The number of benzene rings is 1. The highest BCUT2D eigenvalue weighted by atomic mass is 32.1. The summed E-state index contributed by atoms with van der Waals surface area (Å²) < 4.78 is 15.8. The maximum atomic E-state index is 5.44. The molecule has 0 unspecified atom stereocenters. The summed E-state index contributed by atoms with van der Waals surface area (Å²) in [7, 11) is 0. The van der Waals surface area contributed by atoms with Crippen LogP contribution in [0.5, 0.6) is 17.2 Å². The number of hydrogen-bond donors (Lipinski definition) is 1. The second-order valence-corrected chi connectivity index (χ2v) is 3.60. The van der Waals surface area contributed by atoms with Gasteiger partial charge in [-0.1, -0.05) is 12.2 Å². The fourth-order valence-corrected chi connectivity index (χ4v) is 1.32. The van der Waals surface area contributed by atoms with Crippen molar-refractivity contribution in [2.24, 2.45) is 5.73 Å². The van der Waals surface area contributed by atoms with Gasteiger partial charge in [-0.25, -0.2) is 0 Å². The van der Waals surface area contributed by atoms with Crippen molar-refractivity contribution in [3.05, 3.63) is 18.2 Å². The van der Waals surface area contributed by atoms with E-state index in [-0.39, 0.29) is 6.79 Å². The Morgan fingerprint density at radius 2 is 2.20 bits per heavy atom. The maximum Gasteiger partial charge on any atom is 0.231 e. The van der Waals surface area contributed by atoms with Crippen LogP contribution in [0.25, 0.3) is 0 Å². The van der Waals surface area contributed by atoms with Crippen molar-refractivity contribution in [2.45, 2.75) is 6.42 Å². The van der Waals surface area contributed by atoms with Crippen LogP contribution in [-0.2, 0) is 0 Å². The van der Waals surface area contributed by atoms with Gasteiger partial charge in [-0.05, 0) is 12.1 Å². The van der Waals surface area contributed by atoms with Gasteiger partial charge in [0.15, 0.2) is 11.5 Å². The maximum absolute atomic E-state index is 5.44. The first kappa shape index (κ1) is 10.0. The van der Waals surface area contributed by atoms with Gasteiger partial charge in [0.2, 0.25) is 6.79 Å². The zero-order valence-corrected chi connectivity index (χ0v) is 8.88. The monoisotopic (exact) mass is 225 g/mol. The van der Waals surface area contributed by atoms with Gasteiger partial charge in [0, 0.05) is 12.5 Å². The van der Waals surface area contributed by atoms with E-state index in [0.29, 0.717) is 23.8 Å². The first-order valence-corrected chi connectivity index (χ1v) is 4.97. The zero-order chi connectivity index (χ0) is 10.7. The average Bonchev–Trinajstić information content (AvgIpc) is 2.64. The Morgan fingerprint density at radius 3 is 3.00 bits per heavy atom. The van der Waals surface area contributed by atoms with Gasteiger partial charge in [-0.2, -0.15) is 0 Å². The van der Waals surface area contributed by atoms with Crippen molar-refractivity contribution < 1.29 is 14.2 Å². The fourth-order valence-electron chi connectivity index (χ4n) is 1.24. The highest BCUT2D eigenvalue weighted by Crippen LogP contribution is 2.34. The molecule has 2 rings (SSSR count). The van der Waals surface area contributed by atoms with Gasteiger partial charge in [-0.3, -0.25) is 0 Å². The molecule has 0 amide bonds. The van der Waals surface area contributed by atoms with E-state index in [1.165, 1.54) is 0 Å². The number of hydrogen-bond acceptors (Lipinski definition) is 4. The molecular formula is C10H11NO3S. The molecule has 0 bridgehead atoms. The second-order valence-electron chi connectivity index (χ2n) is 3.08. The SMILES string of the molecule is NC(=S)CCOc1ccc2c(c1)OCO2. The van der Waals surface area contributed by atoms with E-state index in [2.05, 4.69) is 0 Å². The molecule has 4 nitrogen and oxygen atoms in total. The van der Waals surface area contributed by atoms with Crippen LogP contribution < -0.4 is 19.9 Å². The molecule has 1 aromatic rings. The first-order chi connectivity index (χ1) is 7.25. The summed E-state index contributed by atoms with van der Waals surface area (Å²) in [5.74, 6) is 2.19. The average molecular weight is 225 g/mol. The van der Waals surface area contributed by atoms with Crippen molar-refractivity contribution in [3.8, 4) is 17.2 Å². The Morgan fingerprint density at radius 1 is 1.40 bits per heavy atom. The Balaban J connectivity index is 1.95. The molecule has 80 valence electrons. The lowest BCUT2D eigenvalue weighted by Crippen LogP contribution is -2.12. The minimum absolute atomic E-state index is 0.270. The van der Waals surface area contributed by atoms with Gasteiger partial charge >= 0.3 is 0 Å². The van der Waals surface area contributed by atoms with Crippen LogP contribution >= 0.6 is 12.2 Å². The van der Waals surface area contributed by atoms with E-state index >= 15 is 0 Å². The minimum Gasteiger partial charge on any atom is -0.493 e. The third-order valence-corrected chi connectivity index (χ3v) is 2.17. The fraction of sp³-hybridized carbons (Fsp3) is 0.300. The number of fused-ring (bicyclic) bond motifs is 1. The topological polar surface area (TPSA) is 53.7 Å². The molecule has 15 heavy (non-hydrogen) atoms. The predicted octanol–water partition coefficient (Wildman–Crippen LogP) is 1.47. The molecule has 1 aromatic carbocycles. The first-order valence-electron chi connectivity index (χ1n) is 4.56. The largest absolute Gasteiger partial charge is 0.493 e. The van der Waals surface area contributed by atoms with Crippen molar-refractivity contribution in [3.63, 3.8) is 0 Å². The van der Waals surface area contributed by atoms with Gasteiger partial charge in [0.25, 0.3) is 0 Å². The lowest BCUT2D eigenvalue weighted by molar-refractivity contribution is 0.174. The molecule has 1 aliphatic heterocycles. The van der Waals surface area contributed by atoms with Crippen molar-refractivity contribution in [1.82, 2.24) is 0 Å². The Hall–Kier alpha value is -1.49. The van der Waals surface area contributed by atoms with Crippen LogP contribution in [0.1, 0.15) is 6.42 Å². The Labute approximate surface area is 92.9 Å². The molecule has 0 spiro atoms. The quantitative estimate of drug-likeness (QED) is 0.786. The Bertz CT molecular complexity index is 381. The third kappa shape index (κ3) is 2.50. The number of thiocarbonyl (C=S) groups is 1. The summed E-state index contributed by atoms with van der Waals surface area (Å²) >= 11 is 4.74. The van der Waals surface area contributed by atoms with Crippen LogP contribution in [0, 0.1) is 0 Å². The van der Waals surface area contributed by atoms with E-state index in [0.717, 1.165) is 11.5 Å². The summed E-state index contributed by atoms with van der Waals surface area (Å²) in [5, 5.41) is 0. The minimum atomic E-state index is 0.270. The van der Waals surface area contributed by atoms with E-state index in [4.69, 9.17) is 32.2 Å². The molecule has 2 N–H and O–H groups in total. The molecule has 0 fully saturated rings. The molecule has 0 aliphatic carbocycles. The van der Waals surface area contributed by atoms with Crippen molar-refractivity contribution >= 4 is 17.2 Å². The lowest BCUT2D eigenvalue weighted by atomic mass is 10.3. The molecule has 0 radical (unpaired) electrons. The summed E-state index contributed by atoms with van der Waals surface area (Å²) in [5.41, 5.74) is 5.35. The highest BCUT2D eigenvalue weighted by Gasteiger charge is 2.13. The molecule has 1 aliphatic rings. The zero-order valence-electron chi connectivity index (χ0n) is 8.06. The van der Waals surface area contributed by atoms with Gasteiger partial charge in [0.1, 0.15) is 5.75 Å². The van der Waals surface area contributed by atoms with Crippen LogP contribution in [0.15, 0.2) is 18.2 Å². The summed E-state index contributed by atoms with van der Waals surface area (Å²) in [4.78, 5) is 0.454. The van der Waals surface area contributed by atoms with Gasteiger partial charge < -0.3 is 19.9 Å². The van der Waals surface area contributed by atoms with Crippen LogP contribution in [0.2, 0.25) is 0 Å². The van der Waals surface area contributed by atoms with Gasteiger partial charge in [-0.15, -0.1) is 0 Å². The predicted molar refractivity (Wildman–Crippen MR) is 59.5 cm³/mol. The second kappa shape index (κ2) is 4.35. The molecule has 0 saturated heterocycles. The molecular weight excluding hydrogens is 214 g/mol. The molecule has 0 atom stereocenters. The standard InChI is InChI=1S/C10H11NO3S/c11-10(15)3-4-12-7-1-2-8-9(5-7)14-6-13-8/h1-2,5H,3-4,6H2,(H2,11,15). The smallest absolute Gasteiger partial charge is 0.231 e. The molecule has 0 aromatic heterocycles. The molecule has 0 saturated carbocycles. The normalized spacial score (nSPS) is 12.5. The van der Waals surface area contributed by atoms with E-state index in [9.17, 15) is 0 Å². The lowest BCUT2D eigenvalue weighted by Gasteiger charge is -2.05. The third-order valence-electron chi connectivity index (χ3n) is 1.96. The molecule has 1 heterocycles. The van der Waals surface area contributed by atoms with Crippen LogP contribution in [0.4, 0.5) is 0 Å². The molecule has 5 heteroatoms. The van der Waals surface area contributed by atoms with Gasteiger partial charge in [0.05, 0.1) is 11.6 Å². The van der Waals surface area contributed by atoms with Crippen molar-refractivity contribution in [2.75, 3.05) is 13.4 Å². The van der Waals surface area contributed by atoms with E-state index in [1.54, 1.807) is 6.07 Å². The summed E-state index contributed by atoms with van der Waals surface area (Å²) in [6, 6.07) is 5.44. The summed E-state index contributed by atoms with van der Waals surface area (Å²) in [6.07, 6.45) is 0.573. The number of ether oxygens (including phenoxy) is 3. The van der Waals surface area contributed by atoms with E-state index < -0.39 is 0 Å². The highest BCUT2D eigenvalue weighted by molar-refractivity contribution is 7.80.